The fourth-order valence-electron chi connectivity index (χ4n) is 18.3. The highest BCUT2D eigenvalue weighted by Crippen LogP contribution is 2.54. The zero-order valence-electron chi connectivity index (χ0n) is 76.3. The van der Waals surface area contributed by atoms with E-state index in [9.17, 15) is 4.57 Å². The molecule has 0 bridgehead atoms. The first-order valence-corrected chi connectivity index (χ1v) is 50.6. The molecule has 0 aliphatic carbocycles. The molecule has 21 rings (SSSR count). The number of rotatable bonds is 18. The lowest BCUT2D eigenvalue weighted by molar-refractivity contribution is 0.219. The first-order valence-electron chi connectivity index (χ1n) is 45.7. The molecule has 0 amide bonds. The second-order valence-corrected chi connectivity index (χ2v) is 38.9. The zero-order chi connectivity index (χ0) is 93.2. The summed E-state index contributed by atoms with van der Waals surface area (Å²) in [6.07, 6.45) is 9.29. The normalized spacial score (nSPS) is 11.8. The first kappa shape index (κ1) is 93.5. The fraction of sp³-hybridized carbons (Fsp3) is 0.0709. The minimum atomic E-state index is -2.94. The number of allylic oxidation sites excluding steroid dienone is 4. The van der Waals surface area contributed by atoms with Gasteiger partial charge in [0.05, 0.1) is 19.4 Å². The van der Waals surface area contributed by atoms with Crippen molar-refractivity contribution in [1.82, 2.24) is 0 Å². The van der Waals surface area contributed by atoms with Crippen molar-refractivity contribution < 1.29 is 13.6 Å². The maximum absolute atomic E-state index is 12.1. The van der Waals surface area contributed by atoms with Gasteiger partial charge in [0.2, 0.25) is 0 Å². The lowest BCUT2D eigenvalue weighted by Gasteiger charge is -2.22. The molecule has 0 fully saturated rings. The van der Waals surface area contributed by atoms with Gasteiger partial charge < -0.3 is 9.05 Å². The SMILES string of the molecule is Brc1c2ccccc2c(-c2c3ccccc3c(Br)c3ccccc23)c2ccccc12.C/C(=C\c1ccccc1)c1cccc(-c2c3ccccc3c(-c3c4ccccc4c(-c4cccc(/C(C)=C/c5ccccc5)c4)c4ccccc34)c3ccccc23)c1.C/C(=C\c1ccccc1)c1cccc(Br)c1.C/C(=C\c1ccccc1)c1cccc(Br)c1.CCOP(=O)(Cc1ccccc1)OCC. The Kier molecular flexibility index (Phi) is 30.7. The van der Waals surface area contributed by atoms with Gasteiger partial charge in [-0.1, -0.05) is 463 Å². The van der Waals surface area contributed by atoms with E-state index in [1.165, 1.54) is 197 Å². The summed E-state index contributed by atoms with van der Waals surface area (Å²) in [6, 6.07) is 157. The summed E-state index contributed by atoms with van der Waals surface area (Å²) in [7, 11) is -2.94. The van der Waals surface area contributed by atoms with Crippen LogP contribution in [-0.4, -0.2) is 13.2 Å². The topological polar surface area (TPSA) is 35.5 Å². The van der Waals surface area contributed by atoms with E-state index in [1.807, 2.05) is 68.4 Å². The van der Waals surface area contributed by atoms with Crippen LogP contribution in [0.3, 0.4) is 0 Å². The van der Waals surface area contributed by atoms with Gasteiger partial charge in [0, 0.05) is 17.9 Å². The predicted octanol–water partition coefficient (Wildman–Crippen LogP) is 39.4. The average molecular weight is 2030 g/mol. The van der Waals surface area contributed by atoms with Crippen LogP contribution in [0, 0.1) is 0 Å². The Morgan fingerprint density at radius 2 is 0.430 bits per heavy atom. The molecule has 135 heavy (non-hydrogen) atoms. The molecule has 21 aromatic rings. The third-order valence-electron chi connectivity index (χ3n) is 24.5. The van der Waals surface area contributed by atoms with Crippen LogP contribution >= 0.6 is 71.3 Å². The summed E-state index contributed by atoms with van der Waals surface area (Å²) in [5.74, 6) is 0. The molecule has 0 heterocycles. The third kappa shape index (κ3) is 21.7. The van der Waals surface area contributed by atoms with Crippen molar-refractivity contribution in [1.29, 1.82) is 0 Å². The van der Waals surface area contributed by atoms with Crippen LogP contribution in [0.4, 0.5) is 0 Å². The summed E-state index contributed by atoms with van der Waals surface area (Å²) in [6.45, 7) is 13.1. The molecular formula is C127H101Br4O3P. The molecule has 0 unspecified atom stereocenters. The van der Waals surface area contributed by atoms with Gasteiger partial charge >= 0.3 is 7.60 Å². The molecule has 660 valence electrons. The lowest BCUT2D eigenvalue weighted by atomic mass is 9.80. The summed E-state index contributed by atoms with van der Waals surface area (Å²) in [5.41, 5.74) is 26.0. The van der Waals surface area contributed by atoms with Gasteiger partial charge in [-0.05, 0) is 313 Å². The second-order valence-electron chi connectivity index (χ2n) is 33.5. The van der Waals surface area contributed by atoms with E-state index >= 15 is 0 Å². The van der Waals surface area contributed by atoms with Crippen LogP contribution in [0.5, 0.6) is 0 Å². The van der Waals surface area contributed by atoms with Gasteiger partial charge in [-0.25, -0.2) is 0 Å². The minimum Gasteiger partial charge on any atom is -0.309 e. The molecule has 0 aromatic heterocycles. The quantitative estimate of drug-likeness (QED) is 0.0488. The summed E-state index contributed by atoms with van der Waals surface area (Å²) < 4.78 is 27.1. The minimum absolute atomic E-state index is 0.343. The van der Waals surface area contributed by atoms with E-state index in [0.29, 0.717) is 19.4 Å². The predicted molar refractivity (Wildman–Crippen MR) is 599 cm³/mol. The van der Waals surface area contributed by atoms with Crippen molar-refractivity contribution >= 4 is 204 Å². The van der Waals surface area contributed by atoms with Crippen LogP contribution in [0.15, 0.2) is 461 Å². The number of hydrogen-bond donors (Lipinski definition) is 0. The van der Waals surface area contributed by atoms with Crippen molar-refractivity contribution in [2.75, 3.05) is 13.2 Å². The van der Waals surface area contributed by atoms with Gasteiger partial charge in [0.1, 0.15) is 0 Å². The molecular weight excluding hydrogens is 1920 g/mol. The smallest absolute Gasteiger partial charge is 0.309 e. The molecule has 0 N–H and O–H groups in total. The van der Waals surface area contributed by atoms with Crippen LogP contribution in [0.25, 0.3) is 177 Å². The van der Waals surface area contributed by atoms with Crippen molar-refractivity contribution in [2.24, 2.45) is 0 Å². The van der Waals surface area contributed by atoms with E-state index in [4.69, 9.17) is 9.05 Å². The van der Waals surface area contributed by atoms with Gasteiger partial charge in [-0.2, -0.15) is 0 Å². The Morgan fingerprint density at radius 3 is 0.667 bits per heavy atom. The van der Waals surface area contributed by atoms with Crippen molar-refractivity contribution in [3.05, 3.63) is 511 Å². The van der Waals surface area contributed by atoms with Crippen molar-refractivity contribution in [3.8, 4) is 44.5 Å². The number of benzene rings is 21. The van der Waals surface area contributed by atoms with E-state index in [-0.39, 0.29) is 0 Å². The van der Waals surface area contributed by atoms with Gasteiger partial charge in [0.15, 0.2) is 0 Å². The zero-order valence-corrected chi connectivity index (χ0v) is 83.5. The lowest BCUT2D eigenvalue weighted by Crippen LogP contribution is -1.98. The molecule has 0 spiro atoms. The third-order valence-corrected chi connectivity index (χ3v) is 29.2. The Morgan fingerprint density at radius 1 is 0.230 bits per heavy atom. The Bertz CT molecular complexity index is 7350. The maximum atomic E-state index is 12.1. The maximum Gasteiger partial charge on any atom is 0.335 e. The standard InChI is InChI=1S/C58H42.C28H16Br2.2C15H13Br.C11H17O3P/c1-39(35-41-19-5-3-6-20-41)43-23-17-25-45(37-43)55-47-27-9-13-31-51(47)57(52-32-14-10-28-48(52)55)58-53-33-15-11-29-49(53)56(50-30-12-16-34-54(50)58)46-26-18-24-44(38-46)40(2)36-42-21-7-4-8-22-42;29-27-21-13-5-1-9-17(21)25(18-10-2-6-14-22(18)27)26-19-11-3-7-15-23(19)28(30)24-16-8-4-12-20(24)26;2*1-12(10-13-6-3-2-4-7-13)14-8-5-9-15(16)11-14;1-3-13-15(12,14-4-2)10-11-8-6-5-7-9-11/h3-38H,1-2H3;1-16H;2*2-11H,1H3;5-9H,3-4,10H2,1-2H3/b39-35+,40-36+;;2*12-10+;. The molecule has 0 saturated heterocycles. The van der Waals surface area contributed by atoms with E-state index < -0.39 is 7.60 Å². The Hall–Kier alpha value is -13.3. The van der Waals surface area contributed by atoms with E-state index in [0.717, 1.165) is 23.5 Å². The van der Waals surface area contributed by atoms with Gasteiger partial charge in [0.25, 0.3) is 0 Å². The van der Waals surface area contributed by atoms with E-state index in [2.05, 4.69) is 504 Å². The van der Waals surface area contributed by atoms with Crippen molar-refractivity contribution in [3.63, 3.8) is 0 Å². The molecule has 0 aliphatic rings. The summed E-state index contributed by atoms with van der Waals surface area (Å²) >= 11 is 14.8. The van der Waals surface area contributed by atoms with Gasteiger partial charge in [-0.3, -0.25) is 4.57 Å². The largest absolute Gasteiger partial charge is 0.335 e. The van der Waals surface area contributed by atoms with E-state index in [1.54, 1.807) is 0 Å². The van der Waals surface area contributed by atoms with Crippen LogP contribution in [-0.2, 0) is 19.8 Å². The molecule has 3 nitrogen and oxygen atoms in total. The fourth-order valence-corrected chi connectivity index (χ4v) is 22.2. The monoisotopic (exact) mass is 2020 g/mol. The highest BCUT2D eigenvalue weighted by atomic mass is 79.9. The summed E-state index contributed by atoms with van der Waals surface area (Å²) in [5, 5.41) is 20.0. The number of halogens is 4. The average Bonchev–Trinajstić information content (AvgIpc) is 0.714. The molecule has 0 saturated carbocycles. The molecule has 21 aromatic carbocycles. The number of hydrogen-bond acceptors (Lipinski definition) is 3. The molecule has 8 heteroatoms. The number of fused-ring (bicyclic) bond motifs is 8. The van der Waals surface area contributed by atoms with Crippen LogP contribution < -0.4 is 0 Å². The van der Waals surface area contributed by atoms with Crippen molar-refractivity contribution in [2.45, 2.75) is 47.7 Å². The summed E-state index contributed by atoms with van der Waals surface area (Å²) in [4.78, 5) is 0. The highest BCUT2D eigenvalue weighted by molar-refractivity contribution is 9.11. The molecule has 0 radical (unpaired) electrons. The molecule has 0 aliphatic heterocycles. The highest BCUT2D eigenvalue weighted by Gasteiger charge is 2.27. The Balaban J connectivity index is 0.000000135. The van der Waals surface area contributed by atoms with Crippen LogP contribution in [0.1, 0.15) is 91.6 Å². The Labute approximate surface area is 826 Å². The molecule has 0 atom stereocenters. The van der Waals surface area contributed by atoms with Gasteiger partial charge in [-0.15, -0.1) is 0 Å². The second kappa shape index (κ2) is 44.3. The first-order chi connectivity index (χ1) is 66.1. The van der Waals surface area contributed by atoms with Crippen LogP contribution in [0.2, 0.25) is 0 Å².